The molecule has 0 fully saturated rings. The zero-order valence-electron chi connectivity index (χ0n) is 14.3. The molecule has 0 amide bonds. The summed E-state index contributed by atoms with van der Waals surface area (Å²) in [7, 11) is 3.85. The molecule has 0 atom stereocenters. The second-order valence-corrected chi connectivity index (χ2v) is 3.86. The maximum atomic E-state index is 4.04. The zero-order valence-corrected chi connectivity index (χ0v) is 14.3. The summed E-state index contributed by atoms with van der Waals surface area (Å²) in [4.78, 5) is 0. The second-order valence-electron chi connectivity index (χ2n) is 3.86. The fourth-order valence-electron chi connectivity index (χ4n) is 1.91. The molecule has 2 N–H and O–H groups in total. The molecule has 0 radical (unpaired) electrons. The molecule has 0 spiro atoms. The van der Waals surface area contributed by atoms with Crippen LogP contribution in [-0.2, 0) is 0 Å². The highest BCUT2D eigenvalue weighted by molar-refractivity contribution is 5.79. The van der Waals surface area contributed by atoms with Gasteiger partial charge in [0.15, 0.2) is 0 Å². The SMILES string of the molecule is C=C(NC)c1c(C)c(C)cc(C)c1NC.CC.CC. The summed E-state index contributed by atoms with van der Waals surface area (Å²) in [6.45, 7) is 18.4. The Bertz CT molecular complexity index is 393. The molecule has 1 aromatic rings. The minimum absolute atomic E-state index is 0.962. The van der Waals surface area contributed by atoms with Crippen LogP contribution >= 0.6 is 0 Å². The maximum absolute atomic E-state index is 4.04. The van der Waals surface area contributed by atoms with Crippen LogP contribution in [-0.4, -0.2) is 14.1 Å². The predicted octanol–water partition coefficient (Wildman–Crippen LogP) is 4.90. The van der Waals surface area contributed by atoms with Gasteiger partial charge in [-0.15, -0.1) is 0 Å². The molecule has 2 nitrogen and oxygen atoms in total. The van der Waals surface area contributed by atoms with Crippen molar-refractivity contribution < 1.29 is 0 Å². The maximum Gasteiger partial charge on any atom is 0.0464 e. The molecule has 1 aromatic carbocycles. The molecule has 0 aliphatic heterocycles. The monoisotopic (exact) mass is 264 g/mol. The molecule has 0 heterocycles. The van der Waals surface area contributed by atoms with Gasteiger partial charge >= 0.3 is 0 Å². The number of aryl methyl sites for hydroxylation is 2. The normalized spacial score (nSPS) is 8.47. The summed E-state index contributed by atoms with van der Waals surface area (Å²) in [5.41, 5.74) is 7.16. The Morgan fingerprint density at radius 3 is 1.79 bits per heavy atom. The lowest BCUT2D eigenvalue weighted by Gasteiger charge is -2.19. The molecular weight excluding hydrogens is 232 g/mol. The van der Waals surface area contributed by atoms with E-state index >= 15 is 0 Å². The summed E-state index contributed by atoms with van der Waals surface area (Å²) >= 11 is 0. The van der Waals surface area contributed by atoms with E-state index in [2.05, 4.69) is 44.1 Å². The Morgan fingerprint density at radius 2 is 1.42 bits per heavy atom. The van der Waals surface area contributed by atoms with Gasteiger partial charge in [0.2, 0.25) is 0 Å². The first kappa shape index (κ1) is 19.9. The van der Waals surface area contributed by atoms with Crippen molar-refractivity contribution in [2.24, 2.45) is 0 Å². The van der Waals surface area contributed by atoms with Crippen LogP contribution in [0, 0.1) is 20.8 Å². The fraction of sp³-hybridized carbons (Fsp3) is 0.529. The van der Waals surface area contributed by atoms with Gasteiger partial charge in [0, 0.05) is 31.0 Å². The predicted molar refractivity (Wildman–Crippen MR) is 91.0 cm³/mol. The van der Waals surface area contributed by atoms with Gasteiger partial charge in [0.05, 0.1) is 0 Å². The lowest BCUT2D eigenvalue weighted by Crippen LogP contribution is -2.09. The van der Waals surface area contributed by atoms with Crippen LogP contribution in [0.5, 0.6) is 0 Å². The van der Waals surface area contributed by atoms with E-state index in [1.54, 1.807) is 0 Å². The van der Waals surface area contributed by atoms with Gasteiger partial charge in [0.1, 0.15) is 0 Å². The Balaban J connectivity index is 0. The summed E-state index contributed by atoms with van der Waals surface area (Å²) in [5, 5.41) is 6.36. The van der Waals surface area contributed by atoms with Crippen LogP contribution in [0.4, 0.5) is 5.69 Å². The molecule has 110 valence electrons. The Kier molecular flexibility index (Phi) is 11.0. The van der Waals surface area contributed by atoms with E-state index in [4.69, 9.17) is 0 Å². The Hall–Kier alpha value is -1.44. The molecule has 0 aliphatic rings. The number of hydrogen-bond donors (Lipinski definition) is 2. The first-order valence-electron chi connectivity index (χ1n) is 7.18. The number of hydrogen-bond acceptors (Lipinski definition) is 2. The average molecular weight is 264 g/mol. The second kappa shape index (κ2) is 10.5. The highest BCUT2D eigenvalue weighted by Crippen LogP contribution is 2.30. The van der Waals surface area contributed by atoms with Crippen LogP contribution < -0.4 is 10.6 Å². The average Bonchev–Trinajstić information content (AvgIpc) is 2.46. The molecule has 0 unspecified atom stereocenters. The van der Waals surface area contributed by atoms with E-state index in [1.807, 2.05) is 41.8 Å². The molecule has 0 bridgehead atoms. The summed E-state index contributed by atoms with van der Waals surface area (Å²) < 4.78 is 0. The van der Waals surface area contributed by atoms with Gasteiger partial charge in [-0.1, -0.05) is 40.3 Å². The largest absolute Gasteiger partial charge is 0.388 e. The summed E-state index contributed by atoms with van der Waals surface area (Å²) in [5.74, 6) is 0. The van der Waals surface area contributed by atoms with Crippen LogP contribution in [0.25, 0.3) is 5.70 Å². The fourth-order valence-corrected chi connectivity index (χ4v) is 1.91. The van der Waals surface area contributed by atoms with Crippen molar-refractivity contribution >= 4 is 11.4 Å². The van der Waals surface area contributed by atoms with E-state index in [1.165, 1.54) is 22.3 Å². The van der Waals surface area contributed by atoms with Crippen molar-refractivity contribution in [2.45, 2.75) is 48.5 Å². The Morgan fingerprint density at radius 1 is 0.947 bits per heavy atom. The molecular formula is C17H32N2. The van der Waals surface area contributed by atoms with Gasteiger partial charge in [-0.2, -0.15) is 0 Å². The highest BCUT2D eigenvalue weighted by Gasteiger charge is 2.12. The van der Waals surface area contributed by atoms with Crippen molar-refractivity contribution in [3.05, 3.63) is 34.9 Å². The molecule has 0 aliphatic carbocycles. The highest BCUT2D eigenvalue weighted by atomic mass is 14.9. The van der Waals surface area contributed by atoms with Crippen LogP contribution in [0.2, 0.25) is 0 Å². The molecule has 1 rings (SSSR count). The molecule has 0 saturated carbocycles. The van der Waals surface area contributed by atoms with Crippen LogP contribution in [0.1, 0.15) is 49.9 Å². The van der Waals surface area contributed by atoms with Crippen molar-refractivity contribution in [1.82, 2.24) is 5.32 Å². The topological polar surface area (TPSA) is 24.1 Å². The lowest BCUT2D eigenvalue weighted by atomic mass is 9.95. The third-order valence-electron chi connectivity index (χ3n) is 2.90. The number of benzene rings is 1. The molecule has 2 heteroatoms. The van der Waals surface area contributed by atoms with Crippen molar-refractivity contribution in [2.75, 3.05) is 19.4 Å². The quantitative estimate of drug-likeness (QED) is 0.811. The number of rotatable bonds is 3. The van der Waals surface area contributed by atoms with Gasteiger partial charge in [-0.3, -0.25) is 0 Å². The first-order valence-corrected chi connectivity index (χ1v) is 7.18. The number of nitrogens with one attached hydrogen (secondary N) is 2. The smallest absolute Gasteiger partial charge is 0.0464 e. The first-order chi connectivity index (χ1) is 9.02. The van der Waals surface area contributed by atoms with E-state index in [9.17, 15) is 0 Å². The molecule has 19 heavy (non-hydrogen) atoms. The minimum atomic E-state index is 0.962. The third kappa shape index (κ3) is 4.98. The van der Waals surface area contributed by atoms with Gasteiger partial charge in [-0.25, -0.2) is 0 Å². The van der Waals surface area contributed by atoms with E-state index < -0.39 is 0 Å². The van der Waals surface area contributed by atoms with Gasteiger partial charge in [-0.05, 0) is 37.5 Å². The third-order valence-corrected chi connectivity index (χ3v) is 2.90. The summed E-state index contributed by atoms with van der Waals surface area (Å²) in [6.07, 6.45) is 0. The van der Waals surface area contributed by atoms with E-state index in [0.29, 0.717) is 0 Å². The standard InChI is InChI=1S/C13H20N2.2C2H6/c1-8-7-9(2)13(15-6)12(10(8)3)11(4)14-5;2*1-2/h7,14-15H,4H2,1-3,5-6H3;2*1-2H3. The van der Waals surface area contributed by atoms with Crippen molar-refractivity contribution in [3.8, 4) is 0 Å². The van der Waals surface area contributed by atoms with E-state index in [-0.39, 0.29) is 0 Å². The van der Waals surface area contributed by atoms with E-state index in [0.717, 1.165) is 11.4 Å². The van der Waals surface area contributed by atoms with Crippen LogP contribution in [0.3, 0.4) is 0 Å². The summed E-state index contributed by atoms with van der Waals surface area (Å²) in [6, 6.07) is 2.20. The number of anilines is 1. The van der Waals surface area contributed by atoms with Crippen LogP contribution in [0.15, 0.2) is 12.6 Å². The van der Waals surface area contributed by atoms with Crippen molar-refractivity contribution in [1.29, 1.82) is 0 Å². The molecule has 0 aromatic heterocycles. The lowest BCUT2D eigenvalue weighted by molar-refractivity contribution is 1.11. The zero-order chi connectivity index (χ0) is 15.6. The van der Waals surface area contributed by atoms with Gasteiger partial charge < -0.3 is 10.6 Å². The molecule has 0 saturated heterocycles. The van der Waals surface area contributed by atoms with Crippen molar-refractivity contribution in [3.63, 3.8) is 0 Å². The minimum Gasteiger partial charge on any atom is -0.388 e. The van der Waals surface area contributed by atoms with Gasteiger partial charge in [0.25, 0.3) is 0 Å². The Labute approximate surface area is 120 Å².